The zero-order chi connectivity index (χ0) is 28.9. The number of carbonyl (C=O) groups excluding carboxylic acids is 3. The molecule has 1 saturated heterocycles. The number of carbonyl (C=O) groups is 3. The molecule has 210 valence electrons. The van der Waals surface area contributed by atoms with Crippen LogP contribution in [-0.2, 0) is 35.6 Å². The molecule has 2 heterocycles. The molecule has 0 N–H and O–H groups in total. The van der Waals surface area contributed by atoms with Crippen molar-refractivity contribution < 1.29 is 23.9 Å². The first-order chi connectivity index (χ1) is 19.9. The Morgan fingerprint density at radius 3 is 2.59 bits per heavy atom. The van der Waals surface area contributed by atoms with Crippen molar-refractivity contribution in [3.05, 3.63) is 111 Å². The topological polar surface area (TPSA) is 76.2 Å². The summed E-state index contributed by atoms with van der Waals surface area (Å²) in [5, 5.41) is -0.459. The molecule has 2 aliphatic rings. The number of hydrogen-bond donors (Lipinski definition) is 0. The third-order valence-corrected chi connectivity index (χ3v) is 8.42. The van der Waals surface area contributed by atoms with E-state index in [0.717, 1.165) is 44.2 Å². The Morgan fingerprint density at radius 1 is 1.10 bits per heavy atom. The number of hydrogen-bond acceptors (Lipinski definition) is 6. The smallest absolute Gasteiger partial charge is 0.294 e. The summed E-state index contributed by atoms with van der Waals surface area (Å²) < 4.78 is 12.8. The molecule has 7 nitrogen and oxygen atoms in total. The monoisotopic (exact) mass is 632 g/mol. The highest BCUT2D eigenvalue weighted by atomic mass is 79.9. The van der Waals surface area contributed by atoms with Gasteiger partial charge in [-0.25, -0.2) is 0 Å². The predicted molar refractivity (Wildman–Crippen MR) is 164 cm³/mol. The van der Waals surface area contributed by atoms with Crippen molar-refractivity contribution in [1.82, 2.24) is 9.80 Å². The van der Waals surface area contributed by atoms with Gasteiger partial charge in [0, 0.05) is 23.1 Å². The van der Waals surface area contributed by atoms with Gasteiger partial charge < -0.3 is 14.4 Å². The molecule has 0 atom stereocenters. The molecule has 0 spiro atoms. The summed E-state index contributed by atoms with van der Waals surface area (Å²) in [7, 11) is 1.56. The fourth-order valence-electron chi connectivity index (χ4n) is 4.86. The first kappa shape index (κ1) is 28.7. The Kier molecular flexibility index (Phi) is 8.95. The molecule has 5 rings (SSSR count). The highest BCUT2D eigenvalue weighted by Crippen LogP contribution is 2.37. The van der Waals surface area contributed by atoms with Gasteiger partial charge in [0.1, 0.15) is 13.2 Å². The van der Waals surface area contributed by atoms with Gasteiger partial charge >= 0.3 is 0 Å². The third kappa shape index (κ3) is 6.57. The van der Waals surface area contributed by atoms with Crippen LogP contribution in [0.2, 0.25) is 0 Å². The van der Waals surface area contributed by atoms with E-state index in [1.807, 2.05) is 48.5 Å². The normalized spacial score (nSPS) is 15.7. The van der Waals surface area contributed by atoms with Gasteiger partial charge in [0.15, 0.2) is 11.5 Å². The highest BCUT2D eigenvalue weighted by Gasteiger charge is 2.37. The van der Waals surface area contributed by atoms with E-state index in [-0.39, 0.29) is 17.4 Å². The van der Waals surface area contributed by atoms with Crippen LogP contribution < -0.4 is 9.47 Å². The van der Waals surface area contributed by atoms with Crippen molar-refractivity contribution >= 4 is 50.8 Å². The number of ether oxygens (including phenoxy) is 2. The van der Waals surface area contributed by atoms with Gasteiger partial charge in [-0.3, -0.25) is 19.3 Å². The number of halogens is 1. The van der Waals surface area contributed by atoms with Crippen LogP contribution in [0, 0.1) is 0 Å². The Bertz CT molecular complexity index is 1540. The maximum absolute atomic E-state index is 13.2. The lowest BCUT2D eigenvalue weighted by Gasteiger charge is -2.29. The number of nitrogens with zero attached hydrogens (tertiary/aromatic N) is 2. The molecule has 0 aliphatic carbocycles. The SMILES string of the molecule is C=CCc1cc(/C=C2\SC(=O)N(CC(=O)N3CCc4ccccc4C3)C2=O)cc(OC)c1OCc1ccc(Br)cc1. The van der Waals surface area contributed by atoms with Crippen LogP contribution in [0.1, 0.15) is 27.8 Å². The van der Waals surface area contributed by atoms with E-state index in [4.69, 9.17) is 9.47 Å². The average molecular weight is 634 g/mol. The lowest BCUT2D eigenvalue weighted by Crippen LogP contribution is -2.44. The summed E-state index contributed by atoms with van der Waals surface area (Å²) in [5.41, 5.74) is 4.83. The summed E-state index contributed by atoms with van der Waals surface area (Å²) in [6, 6.07) is 19.5. The standard InChI is InChI=1S/C32H29BrN2O5S/c1-3-6-24-15-22(16-27(39-2)30(24)40-20-21-9-11-26(33)12-10-21)17-28-31(37)35(32(38)41-28)19-29(36)34-14-13-23-7-4-5-8-25(23)18-34/h3-5,7-12,15-17H,1,6,13-14,18-20H2,2H3/b28-17-. The number of allylic oxidation sites excluding steroid dienone is 1. The van der Waals surface area contributed by atoms with E-state index in [1.165, 1.54) is 5.56 Å². The number of methoxy groups -OCH3 is 1. The van der Waals surface area contributed by atoms with Gasteiger partial charge in [-0.15, -0.1) is 6.58 Å². The van der Waals surface area contributed by atoms with Crippen LogP contribution in [0.25, 0.3) is 6.08 Å². The van der Waals surface area contributed by atoms with Crippen LogP contribution in [0.5, 0.6) is 11.5 Å². The third-order valence-electron chi connectivity index (χ3n) is 6.98. The summed E-state index contributed by atoms with van der Waals surface area (Å²) in [6.07, 6.45) is 4.69. The molecule has 0 aromatic heterocycles. The second-order valence-corrected chi connectivity index (χ2v) is 11.6. The largest absolute Gasteiger partial charge is 0.493 e. The fraction of sp³-hybridized carbons (Fsp3) is 0.219. The molecular weight excluding hydrogens is 604 g/mol. The first-order valence-corrected chi connectivity index (χ1v) is 14.8. The summed E-state index contributed by atoms with van der Waals surface area (Å²) in [5.74, 6) is 0.373. The lowest BCUT2D eigenvalue weighted by molar-refractivity contribution is -0.136. The van der Waals surface area contributed by atoms with Crippen LogP contribution in [0.4, 0.5) is 4.79 Å². The minimum Gasteiger partial charge on any atom is -0.493 e. The van der Waals surface area contributed by atoms with Crippen molar-refractivity contribution in [3.8, 4) is 11.5 Å². The number of rotatable bonds is 9. The molecule has 0 saturated carbocycles. The molecule has 0 unspecified atom stereocenters. The van der Waals surface area contributed by atoms with Crippen molar-refractivity contribution in [2.75, 3.05) is 20.2 Å². The number of benzene rings is 3. The molecular formula is C32H29BrN2O5S. The molecule has 3 amide bonds. The number of amides is 3. The highest BCUT2D eigenvalue weighted by molar-refractivity contribution is 9.10. The molecule has 3 aromatic rings. The van der Waals surface area contributed by atoms with Gasteiger partial charge in [-0.1, -0.05) is 58.4 Å². The van der Waals surface area contributed by atoms with Crippen LogP contribution in [0.3, 0.4) is 0 Å². The van der Waals surface area contributed by atoms with Crippen molar-refractivity contribution in [2.24, 2.45) is 0 Å². The first-order valence-electron chi connectivity index (χ1n) is 13.1. The van der Waals surface area contributed by atoms with E-state index in [9.17, 15) is 14.4 Å². The molecule has 41 heavy (non-hydrogen) atoms. The zero-order valence-corrected chi connectivity index (χ0v) is 25.0. The Hall–Kier alpha value is -3.82. The second kappa shape index (κ2) is 12.8. The molecule has 0 radical (unpaired) electrons. The quantitative estimate of drug-likeness (QED) is 0.201. The van der Waals surface area contributed by atoms with Crippen LogP contribution in [-0.4, -0.2) is 47.1 Å². The van der Waals surface area contributed by atoms with E-state index in [0.29, 0.717) is 43.2 Å². The molecule has 3 aromatic carbocycles. The van der Waals surface area contributed by atoms with Gasteiger partial charge in [-0.05, 0) is 77.2 Å². The summed E-state index contributed by atoms with van der Waals surface area (Å²) >= 11 is 4.27. The summed E-state index contributed by atoms with van der Waals surface area (Å²) in [6.45, 7) is 4.97. The number of fused-ring (bicyclic) bond motifs is 1. The predicted octanol–water partition coefficient (Wildman–Crippen LogP) is 6.39. The molecule has 2 aliphatic heterocycles. The minimum atomic E-state index is -0.481. The zero-order valence-electron chi connectivity index (χ0n) is 22.6. The van der Waals surface area contributed by atoms with Gasteiger partial charge in [0.25, 0.3) is 11.1 Å². The fourth-order valence-corrected chi connectivity index (χ4v) is 5.96. The van der Waals surface area contributed by atoms with Gasteiger partial charge in [0.05, 0.1) is 12.0 Å². The van der Waals surface area contributed by atoms with E-state index in [2.05, 4.69) is 28.6 Å². The van der Waals surface area contributed by atoms with Gasteiger partial charge in [0.2, 0.25) is 5.91 Å². The van der Waals surface area contributed by atoms with E-state index >= 15 is 0 Å². The van der Waals surface area contributed by atoms with Crippen molar-refractivity contribution in [3.63, 3.8) is 0 Å². The number of thioether (sulfide) groups is 1. The average Bonchev–Trinajstić information content (AvgIpc) is 3.24. The minimum absolute atomic E-state index is 0.245. The maximum Gasteiger partial charge on any atom is 0.294 e. The van der Waals surface area contributed by atoms with Crippen LogP contribution in [0.15, 0.2) is 82.7 Å². The van der Waals surface area contributed by atoms with E-state index in [1.54, 1.807) is 30.2 Å². The van der Waals surface area contributed by atoms with Crippen molar-refractivity contribution in [1.29, 1.82) is 0 Å². The Labute approximate surface area is 251 Å². The van der Waals surface area contributed by atoms with Crippen molar-refractivity contribution in [2.45, 2.75) is 26.0 Å². The Morgan fingerprint density at radius 2 is 1.85 bits per heavy atom. The Balaban J connectivity index is 1.32. The summed E-state index contributed by atoms with van der Waals surface area (Å²) in [4.78, 5) is 42.0. The maximum atomic E-state index is 13.2. The lowest BCUT2D eigenvalue weighted by atomic mass is 10.00. The molecule has 0 bridgehead atoms. The number of imide groups is 1. The molecule has 1 fully saturated rings. The van der Waals surface area contributed by atoms with Gasteiger partial charge in [-0.2, -0.15) is 0 Å². The molecule has 9 heteroatoms. The van der Waals surface area contributed by atoms with Crippen LogP contribution >= 0.6 is 27.7 Å². The van der Waals surface area contributed by atoms with E-state index < -0.39 is 11.1 Å². The second-order valence-electron chi connectivity index (χ2n) is 9.72.